The number of amides is 1. The number of hydrogen-bond donors (Lipinski definition) is 2. The molecule has 0 bridgehead atoms. The molecule has 2 aliphatic rings. The summed E-state index contributed by atoms with van der Waals surface area (Å²) in [6, 6.07) is 8.13. The van der Waals surface area contributed by atoms with Gasteiger partial charge in [-0.15, -0.1) is 0 Å². The van der Waals surface area contributed by atoms with E-state index in [0.717, 1.165) is 69.4 Å². The molecule has 2 aliphatic heterocycles. The van der Waals surface area contributed by atoms with Crippen molar-refractivity contribution in [3.8, 4) is 5.75 Å². The van der Waals surface area contributed by atoms with Crippen LogP contribution in [0, 0.1) is 0 Å². The van der Waals surface area contributed by atoms with Crippen LogP contribution in [0.25, 0.3) is 0 Å². The van der Waals surface area contributed by atoms with Gasteiger partial charge in [0.2, 0.25) is 0 Å². The number of fused-ring (bicyclic) bond motifs is 1. The fourth-order valence-electron chi connectivity index (χ4n) is 3.85. The molecule has 1 aromatic rings. The summed E-state index contributed by atoms with van der Waals surface area (Å²) < 4.78 is 10.7. The molecule has 3 rings (SSSR count). The van der Waals surface area contributed by atoms with Gasteiger partial charge >= 0.3 is 0 Å². The van der Waals surface area contributed by atoms with E-state index < -0.39 is 0 Å². The number of carbonyl (C=O) groups is 1. The molecule has 30 heavy (non-hydrogen) atoms. The van der Waals surface area contributed by atoms with Crippen molar-refractivity contribution in [3.05, 3.63) is 24.3 Å². The van der Waals surface area contributed by atoms with E-state index >= 15 is 0 Å². The van der Waals surface area contributed by atoms with Crippen LogP contribution < -0.4 is 20.3 Å². The Morgan fingerprint density at radius 1 is 1.27 bits per heavy atom. The van der Waals surface area contributed by atoms with Crippen molar-refractivity contribution in [1.29, 1.82) is 0 Å². The lowest BCUT2D eigenvalue weighted by Crippen LogP contribution is -2.49. The zero-order valence-electron chi connectivity index (χ0n) is 18.2. The number of para-hydroxylation sites is 2. The standard InChI is InChI=1S/C22H35N5O3/c1-3-23-22(25-18-9-13-26(14-10-18)15-16-29-2)24-11-6-12-27-19-7-4-5-8-20(19)30-17-21(27)28/h4-5,7-8,18H,3,6,9-17H2,1-2H3,(H2,23,24,25). The third-order valence-electron chi connectivity index (χ3n) is 5.50. The van der Waals surface area contributed by atoms with Gasteiger partial charge in [-0.05, 0) is 38.3 Å². The maximum absolute atomic E-state index is 12.3. The Kier molecular flexibility index (Phi) is 8.77. The molecule has 0 unspecified atom stereocenters. The van der Waals surface area contributed by atoms with Crippen LogP contribution in [0.2, 0.25) is 0 Å². The summed E-state index contributed by atoms with van der Waals surface area (Å²) in [5, 5.41) is 6.92. The van der Waals surface area contributed by atoms with Gasteiger partial charge in [-0.1, -0.05) is 12.1 Å². The van der Waals surface area contributed by atoms with Crippen LogP contribution in [0.4, 0.5) is 5.69 Å². The van der Waals surface area contributed by atoms with Crippen LogP contribution in [-0.4, -0.2) is 82.4 Å². The Bertz CT molecular complexity index is 704. The number of guanidine groups is 1. The molecule has 0 aromatic heterocycles. The number of ether oxygens (including phenoxy) is 2. The molecule has 0 aliphatic carbocycles. The molecule has 0 radical (unpaired) electrons. The Morgan fingerprint density at radius 3 is 2.83 bits per heavy atom. The Balaban J connectivity index is 1.46. The van der Waals surface area contributed by atoms with Crippen molar-refractivity contribution >= 4 is 17.6 Å². The van der Waals surface area contributed by atoms with Crippen LogP contribution in [0.3, 0.4) is 0 Å². The van der Waals surface area contributed by atoms with Crippen LogP contribution in [0.1, 0.15) is 26.2 Å². The van der Waals surface area contributed by atoms with Gasteiger partial charge in [-0.25, -0.2) is 0 Å². The van der Waals surface area contributed by atoms with Gasteiger partial charge in [0.05, 0.1) is 12.3 Å². The molecule has 2 N–H and O–H groups in total. The van der Waals surface area contributed by atoms with Crippen LogP contribution in [0.15, 0.2) is 29.3 Å². The second kappa shape index (κ2) is 11.8. The highest BCUT2D eigenvalue weighted by Gasteiger charge is 2.24. The Labute approximate surface area is 179 Å². The number of aliphatic imine (C=N–C) groups is 1. The van der Waals surface area contributed by atoms with Crippen molar-refractivity contribution in [3.63, 3.8) is 0 Å². The molecule has 2 heterocycles. The van der Waals surface area contributed by atoms with Crippen molar-refractivity contribution in [1.82, 2.24) is 15.5 Å². The molecule has 0 spiro atoms. The van der Waals surface area contributed by atoms with Crippen molar-refractivity contribution in [2.24, 2.45) is 4.99 Å². The average molecular weight is 418 g/mol. The summed E-state index contributed by atoms with van der Waals surface area (Å²) >= 11 is 0. The van der Waals surface area contributed by atoms with Crippen molar-refractivity contribution < 1.29 is 14.3 Å². The number of nitrogens with one attached hydrogen (secondary N) is 2. The summed E-state index contributed by atoms with van der Waals surface area (Å²) in [6.07, 6.45) is 3.01. The molecule has 1 fully saturated rings. The van der Waals surface area contributed by atoms with E-state index in [9.17, 15) is 4.79 Å². The normalized spacial score (nSPS) is 18.1. The lowest BCUT2D eigenvalue weighted by Gasteiger charge is -2.33. The van der Waals surface area contributed by atoms with Crippen LogP contribution in [0.5, 0.6) is 5.75 Å². The van der Waals surface area contributed by atoms with E-state index in [4.69, 9.17) is 14.5 Å². The van der Waals surface area contributed by atoms with E-state index in [0.29, 0.717) is 19.1 Å². The first kappa shape index (κ1) is 22.4. The molecule has 0 saturated carbocycles. The maximum atomic E-state index is 12.3. The van der Waals surface area contributed by atoms with Gasteiger partial charge in [0, 0.05) is 52.4 Å². The quantitative estimate of drug-likeness (QED) is 0.360. The summed E-state index contributed by atoms with van der Waals surface area (Å²) in [6.45, 7) is 8.27. The highest BCUT2D eigenvalue weighted by atomic mass is 16.5. The fourth-order valence-corrected chi connectivity index (χ4v) is 3.85. The van der Waals surface area contributed by atoms with Crippen LogP contribution >= 0.6 is 0 Å². The van der Waals surface area contributed by atoms with E-state index in [-0.39, 0.29) is 12.5 Å². The summed E-state index contributed by atoms with van der Waals surface area (Å²) in [7, 11) is 1.75. The second-order valence-electron chi connectivity index (χ2n) is 7.67. The number of rotatable bonds is 9. The highest BCUT2D eigenvalue weighted by Crippen LogP contribution is 2.31. The summed E-state index contributed by atoms with van der Waals surface area (Å²) in [5.74, 6) is 1.64. The van der Waals surface area contributed by atoms with E-state index in [1.165, 1.54) is 0 Å². The lowest BCUT2D eigenvalue weighted by atomic mass is 10.1. The smallest absolute Gasteiger partial charge is 0.265 e. The largest absolute Gasteiger partial charge is 0.482 e. The van der Waals surface area contributed by atoms with Crippen LogP contribution in [-0.2, 0) is 9.53 Å². The molecule has 1 saturated heterocycles. The predicted octanol–water partition coefficient (Wildman–Crippen LogP) is 1.47. The highest BCUT2D eigenvalue weighted by molar-refractivity contribution is 5.97. The maximum Gasteiger partial charge on any atom is 0.265 e. The topological polar surface area (TPSA) is 78.4 Å². The summed E-state index contributed by atoms with van der Waals surface area (Å²) in [5.41, 5.74) is 0.850. The third-order valence-corrected chi connectivity index (χ3v) is 5.50. The number of hydrogen-bond acceptors (Lipinski definition) is 5. The zero-order valence-corrected chi connectivity index (χ0v) is 18.2. The number of benzene rings is 1. The molecular formula is C22H35N5O3. The molecular weight excluding hydrogens is 382 g/mol. The van der Waals surface area contributed by atoms with E-state index in [1.807, 2.05) is 29.2 Å². The van der Waals surface area contributed by atoms with Gasteiger partial charge in [-0.3, -0.25) is 9.79 Å². The van der Waals surface area contributed by atoms with E-state index in [1.54, 1.807) is 7.11 Å². The number of piperidine rings is 1. The molecule has 1 amide bonds. The molecule has 8 heteroatoms. The molecule has 8 nitrogen and oxygen atoms in total. The van der Waals surface area contributed by atoms with Gasteiger partial charge in [0.15, 0.2) is 12.6 Å². The number of carbonyl (C=O) groups excluding carboxylic acids is 1. The Hall–Kier alpha value is -2.32. The number of likely N-dealkylation sites (tertiary alicyclic amines) is 1. The molecule has 0 atom stereocenters. The zero-order chi connectivity index (χ0) is 21.2. The average Bonchev–Trinajstić information content (AvgIpc) is 2.77. The Morgan fingerprint density at radius 2 is 2.07 bits per heavy atom. The predicted molar refractivity (Wildman–Crippen MR) is 119 cm³/mol. The second-order valence-corrected chi connectivity index (χ2v) is 7.67. The lowest BCUT2D eigenvalue weighted by molar-refractivity contribution is -0.121. The molecule has 166 valence electrons. The molecule has 1 aromatic carbocycles. The first-order valence-corrected chi connectivity index (χ1v) is 11.0. The van der Waals surface area contributed by atoms with Gasteiger partial charge < -0.3 is 29.9 Å². The number of methoxy groups -OCH3 is 1. The number of nitrogens with zero attached hydrogens (tertiary/aromatic N) is 3. The van der Waals surface area contributed by atoms with Crippen molar-refractivity contribution in [2.75, 3.05) is 64.5 Å². The fraction of sp³-hybridized carbons (Fsp3) is 0.636. The first-order valence-electron chi connectivity index (χ1n) is 11.0. The SMILES string of the molecule is CCNC(=NCCCN1C(=O)COc2ccccc21)NC1CCN(CCOC)CC1. The number of anilines is 1. The van der Waals surface area contributed by atoms with Gasteiger partial charge in [0.1, 0.15) is 5.75 Å². The minimum atomic E-state index is 0.00273. The van der Waals surface area contributed by atoms with Gasteiger partial charge in [0.25, 0.3) is 5.91 Å². The minimum Gasteiger partial charge on any atom is -0.482 e. The summed E-state index contributed by atoms with van der Waals surface area (Å²) in [4.78, 5) is 21.3. The van der Waals surface area contributed by atoms with E-state index in [2.05, 4.69) is 22.5 Å². The van der Waals surface area contributed by atoms with Crippen molar-refractivity contribution in [2.45, 2.75) is 32.2 Å². The monoisotopic (exact) mass is 417 g/mol. The van der Waals surface area contributed by atoms with Gasteiger partial charge in [-0.2, -0.15) is 0 Å². The minimum absolute atomic E-state index is 0.00273. The third kappa shape index (κ3) is 6.34. The first-order chi connectivity index (χ1) is 14.7.